The standard InChI is InChI=1S/C25H19N3O2/c29-25(27-24(23-11-6-16-30-23)18-7-2-1-3-8-18)19-12-14-20(15-13-19)28-17-26-21-9-4-5-10-22(21)28/h1-17,24H,(H,27,29). The number of carbonyl (C=O) groups is 1. The van der Waals surface area contributed by atoms with Crippen molar-refractivity contribution >= 4 is 16.9 Å². The molecule has 5 rings (SSSR count). The van der Waals surface area contributed by atoms with E-state index in [-0.39, 0.29) is 11.9 Å². The van der Waals surface area contributed by atoms with E-state index in [1.54, 1.807) is 12.6 Å². The third-order valence-corrected chi connectivity index (χ3v) is 5.10. The number of aromatic nitrogens is 2. The maximum Gasteiger partial charge on any atom is 0.252 e. The van der Waals surface area contributed by atoms with Gasteiger partial charge in [0, 0.05) is 11.3 Å². The SMILES string of the molecule is O=C(NC(c1ccccc1)c1ccco1)c1ccc(-n2cnc3ccccc32)cc1. The number of benzene rings is 3. The third-order valence-electron chi connectivity index (χ3n) is 5.10. The summed E-state index contributed by atoms with van der Waals surface area (Å²) >= 11 is 0. The number of nitrogens with one attached hydrogen (secondary N) is 1. The average molecular weight is 393 g/mol. The van der Waals surface area contributed by atoms with Crippen molar-refractivity contribution in [3.8, 4) is 5.69 Å². The van der Waals surface area contributed by atoms with Crippen molar-refractivity contribution in [2.45, 2.75) is 6.04 Å². The summed E-state index contributed by atoms with van der Waals surface area (Å²) in [7, 11) is 0. The third kappa shape index (κ3) is 3.37. The van der Waals surface area contributed by atoms with E-state index in [0.29, 0.717) is 11.3 Å². The van der Waals surface area contributed by atoms with Gasteiger partial charge in [0.2, 0.25) is 0 Å². The highest BCUT2D eigenvalue weighted by Crippen LogP contribution is 2.23. The lowest BCUT2D eigenvalue weighted by Crippen LogP contribution is -2.29. The molecule has 146 valence electrons. The fraction of sp³-hybridized carbons (Fsp3) is 0.0400. The van der Waals surface area contributed by atoms with Crippen LogP contribution >= 0.6 is 0 Å². The summed E-state index contributed by atoms with van der Waals surface area (Å²) in [5, 5.41) is 3.08. The summed E-state index contributed by atoms with van der Waals surface area (Å²) < 4.78 is 7.58. The zero-order chi connectivity index (χ0) is 20.3. The van der Waals surface area contributed by atoms with Gasteiger partial charge < -0.3 is 9.73 Å². The van der Waals surface area contributed by atoms with Crippen LogP contribution in [0.3, 0.4) is 0 Å². The predicted octanol–water partition coefficient (Wildman–Crippen LogP) is 5.14. The lowest BCUT2D eigenvalue weighted by molar-refractivity contribution is 0.0939. The smallest absolute Gasteiger partial charge is 0.252 e. The van der Waals surface area contributed by atoms with Crippen molar-refractivity contribution in [1.29, 1.82) is 0 Å². The molecule has 1 unspecified atom stereocenters. The summed E-state index contributed by atoms with van der Waals surface area (Å²) in [6, 6.07) is 28.6. The van der Waals surface area contributed by atoms with Gasteiger partial charge in [0.25, 0.3) is 5.91 Å². The van der Waals surface area contributed by atoms with Gasteiger partial charge in [-0.3, -0.25) is 9.36 Å². The molecule has 2 aromatic heterocycles. The van der Waals surface area contributed by atoms with Crippen LogP contribution in [0.1, 0.15) is 27.7 Å². The molecule has 0 aliphatic heterocycles. The summed E-state index contributed by atoms with van der Waals surface area (Å²) in [6.07, 6.45) is 3.41. The molecule has 30 heavy (non-hydrogen) atoms. The van der Waals surface area contributed by atoms with Crippen LogP contribution in [0.4, 0.5) is 0 Å². The second-order valence-electron chi connectivity index (χ2n) is 6.98. The first-order valence-corrected chi connectivity index (χ1v) is 9.71. The first kappa shape index (κ1) is 17.9. The molecular weight excluding hydrogens is 374 g/mol. The Hall–Kier alpha value is -4.12. The Balaban J connectivity index is 1.41. The number of nitrogens with zero attached hydrogens (tertiary/aromatic N) is 2. The Kier molecular flexibility index (Phi) is 4.62. The molecule has 0 radical (unpaired) electrons. The van der Waals surface area contributed by atoms with Gasteiger partial charge in [0.1, 0.15) is 18.1 Å². The number of carbonyl (C=O) groups excluding carboxylic acids is 1. The van der Waals surface area contributed by atoms with Crippen LogP contribution in [0, 0.1) is 0 Å². The van der Waals surface area contributed by atoms with Crippen molar-refractivity contribution in [1.82, 2.24) is 14.9 Å². The minimum absolute atomic E-state index is 0.165. The number of hydrogen-bond acceptors (Lipinski definition) is 3. The zero-order valence-electron chi connectivity index (χ0n) is 16.1. The molecule has 2 heterocycles. The van der Waals surface area contributed by atoms with Crippen molar-refractivity contribution < 1.29 is 9.21 Å². The molecule has 0 bridgehead atoms. The van der Waals surface area contributed by atoms with E-state index in [0.717, 1.165) is 22.3 Å². The Morgan fingerprint density at radius 1 is 0.867 bits per heavy atom. The zero-order valence-corrected chi connectivity index (χ0v) is 16.1. The van der Waals surface area contributed by atoms with Crippen molar-refractivity contribution in [2.75, 3.05) is 0 Å². The molecule has 3 aromatic carbocycles. The summed E-state index contributed by atoms with van der Waals surface area (Å²) in [4.78, 5) is 17.4. The van der Waals surface area contributed by atoms with E-state index >= 15 is 0 Å². The van der Waals surface area contributed by atoms with E-state index in [9.17, 15) is 4.79 Å². The van der Waals surface area contributed by atoms with Crippen LogP contribution < -0.4 is 5.32 Å². The van der Waals surface area contributed by atoms with E-state index in [4.69, 9.17) is 4.42 Å². The summed E-state index contributed by atoms with van der Waals surface area (Å²) in [6.45, 7) is 0. The van der Waals surface area contributed by atoms with Crippen LogP contribution in [-0.4, -0.2) is 15.5 Å². The number of imidazole rings is 1. The van der Waals surface area contributed by atoms with Crippen LogP contribution in [0.15, 0.2) is 108 Å². The molecule has 1 amide bonds. The van der Waals surface area contributed by atoms with Gasteiger partial charge in [-0.15, -0.1) is 0 Å². The Labute approximate surface area is 173 Å². The molecule has 0 saturated carbocycles. The van der Waals surface area contributed by atoms with Gasteiger partial charge in [-0.1, -0.05) is 42.5 Å². The molecule has 5 heteroatoms. The minimum Gasteiger partial charge on any atom is -0.467 e. The summed E-state index contributed by atoms with van der Waals surface area (Å²) in [5.41, 5.74) is 4.45. The molecule has 5 aromatic rings. The maximum atomic E-state index is 13.0. The monoisotopic (exact) mass is 393 g/mol. The maximum absolute atomic E-state index is 13.0. The topological polar surface area (TPSA) is 60.1 Å². The summed E-state index contributed by atoms with van der Waals surface area (Å²) in [5.74, 6) is 0.526. The largest absolute Gasteiger partial charge is 0.467 e. The van der Waals surface area contributed by atoms with Gasteiger partial charge in [0.15, 0.2) is 0 Å². The number of fused-ring (bicyclic) bond motifs is 1. The second kappa shape index (κ2) is 7.72. The highest BCUT2D eigenvalue weighted by Gasteiger charge is 2.20. The van der Waals surface area contributed by atoms with E-state index < -0.39 is 0 Å². The van der Waals surface area contributed by atoms with E-state index in [1.165, 1.54) is 0 Å². The van der Waals surface area contributed by atoms with Crippen LogP contribution in [0.25, 0.3) is 16.7 Å². The van der Waals surface area contributed by atoms with Gasteiger partial charge in [0.05, 0.1) is 17.3 Å². The lowest BCUT2D eigenvalue weighted by atomic mass is 10.0. The van der Waals surface area contributed by atoms with Gasteiger partial charge >= 0.3 is 0 Å². The Morgan fingerprint density at radius 2 is 1.63 bits per heavy atom. The second-order valence-corrected chi connectivity index (χ2v) is 6.98. The average Bonchev–Trinajstić information content (AvgIpc) is 3.48. The van der Waals surface area contributed by atoms with Gasteiger partial charge in [-0.05, 0) is 54.1 Å². The van der Waals surface area contributed by atoms with Gasteiger partial charge in [-0.25, -0.2) is 4.98 Å². The van der Waals surface area contributed by atoms with Crippen LogP contribution in [0.2, 0.25) is 0 Å². The highest BCUT2D eigenvalue weighted by molar-refractivity contribution is 5.95. The molecule has 1 atom stereocenters. The molecule has 0 aliphatic carbocycles. The molecule has 0 aliphatic rings. The first-order chi connectivity index (χ1) is 14.8. The molecule has 0 saturated heterocycles. The fourth-order valence-corrected chi connectivity index (χ4v) is 3.57. The Bertz CT molecular complexity index is 1270. The number of hydrogen-bond donors (Lipinski definition) is 1. The lowest BCUT2D eigenvalue weighted by Gasteiger charge is -2.17. The highest BCUT2D eigenvalue weighted by atomic mass is 16.3. The van der Waals surface area contributed by atoms with Crippen molar-refractivity contribution in [2.24, 2.45) is 0 Å². The van der Waals surface area contributed by atoms with Crippen molar-refractivity contribution in [3.05, 3.63) is 120 Å². The minimum atomic E-state index is -0.356. The predicted molar refractivity (Wildman–Crippen MR) is 116 cm³/mol. The number of amides is 1. The number of rotatable bonds is 5. The van der Waals surface area contributed by atoms with E-state index in [1.807, 2.05) is 95.6 Å². The first-order valence-electron chi connectivity index (χ1n) is 9.71. The van der Waals surface area contributed by atoms with Crippen molar-refractivity contribution in [3.63, 3.8) is 0 Å². The number of para-hydroxylation sites is 2. The normalized spacial score (nSPS) is 12.0. The fourth-order valence-electron chi connectivity index (χ4n) is 3.57. The number of furan rings is 1. The van der Waals surface area contributed by atoms with Gasteiger partial charge in [-0.2, -0.15) is 0 Å². The molecule has 0 spiro atoms. The quantitative estimate of drug-likeness (QED) is 0.450. The molecule has 0 fully saturated rings. The van der Waals surface area contributed by atoms with Crippen LogP contribution in [-0.2, 0) is 0 Å². The van der Waals surface area contributed by atoms with Crippen LogP contribution in [0.5, 0.6) is 0 Å². The molecule has 1 N–H and O–H groups in total. The molecular formula is C25H19N3O2. The van der Waals surface area contributed by atoms with E-state index in [2.05, 4.69) is 10.3 Å². The molecule has 5 nitrogen and oxygen atoms in total. The Morgan fingerprint density at radius 3 is 2.40 bits per heavy atom.